The van der Waals surface area contributed by atoms with Crippen LogP contribution in [0.5, 0.6) is 0 Å². The molecule has 0 bridgehead atoms. The van der Waals surface area contributed by atoms with Gasteiger partial charge < -0.3 is 9.47 Å². The molecule has 0 unspecified atom stereocenters. The van der Waals surface area contributed by atoms with Crippen LogP contribution in [0.4, 0.5) is 8.78 Å². The van der Waals surface area contributed by atoms with Crippen LogP contribution in [-0.4, -0.2) is 58.3 Å². The molecular formula is C18H21ClF2N4O2. The predicted molar refractivity (Wildman–Crippen MR) is 95.7 cm³/mol. The summed E-state index contributed by atoms with van der Waals surface area (Å²) in [5.74, 6) is -1.24. The number of aromatic nitrogens is 3. The van der Waals surface area contributed by atoms with E-state index >= 15 is 0 Å². The molecule has 1 aromatic carbocycles. The molecule has 0 spiro atoms. The first-order valence-electron chi connectivity index (χ1n) is 9.03. The lowest BCUT2D eigenvalue weighted by atomic mass is 10.1. The number of rotatable bonds is 2. The van der Waals surface area contributed by atoms with Crippen LogP contribution in [0.3, 0.4) is 0 Å². The van der Waals surface area contributed by atoms with Gasteiger partial charge >= 0.3 is 0 Å². The zero-order chi connectivity index (χ0) is 17.7. The predicted octanol–water partition coefficient (Wildman–Crippen LogP) is 2.58. The molecule has 0 radical (unpaired) electrons. The molecule has 27 heavy (non-hydrogen) atoms. The molecule has 5 rings (SSSR count). The number of halogens is 3. The average molecular weight is 399 g/mol. The molecule has 0 saturated carbocycles. The molecule has 0 N–H and O–H groups in total. The van der Waals surface area contributed by atoms with Crippen molar-refractivity contribution in [3.05, 3.63) is 35.5 Å². The summed E-state index contributed by atoms with van der Waals surface area (Å²) in [7, 11) is 0. The number of fused-ring (bicyclic) bond motifs is 3. The van der Waals surface area contributed by atoms with E-state index in [2.05, 4.69) is 15.2 Å². The van der Waals surface area contributed by atoms with Crippen molar-refractivity contribution in [3.8, 4) is 11.3 Å². The summed E-state index contributed by atoms with van der Waals surface area (Å²) in [6.45, 7) is 3.66. The third-order valence-corrected chi connectivity index (χ3v) is 5.70. The number of hydrogen-bond donors (Lipinski definition) is 0. The first kappa shape index (κ1) is 18.7. The molecule has 0 amide bonds. The standard InChI is InChI=1S/C18H20F2N4O2.ClH/c19-11-1-2-13(14(20)7-11)18-16-10-26-17-9-23(12-3-5-25-6-4-12)8-15(17)24(16)22-21-18;/h1-2,7,12,15,17H,3-6,8-10H2;1H/t15-,17-;/m0./s1. The van der Waals surface area contributed by atoms with Gasteiger partial charge in [0.25, 0.3) is 0 Å². The van der Waals surface area contributed by atoms with Gasteiger partial charge in [0, 0.05) is 44.0 Å². The van der Waals surface area contributed by atoms with Crippen LogP contribution in [0, 0.1) is 11.6 Å². The van der Waals surface area contributed by atoms with E-state index in [-0.39, 0.29) is 30.1 Å². The zero-order valence-corrected chi connectivity index (χ0v) is 15.5. The first-order valence-corrected chi connectivity index (χ1v) is 9.03. The van der Waals surface area contributed by atoms with Crippen LogP contribution >= 0.6 is 12.4 Å². The molecule has 2 saturated heterocycles. The fraction of sp³-hybridized carbons (Fsp3) is 0.556. The molecule has 4 heterocycles. The minimum absolute atomic E-state index is 0. The topological polar surface area (TPSA) is 52.4 Å². The molecule has 0 aliphatic carbocycles. The molecule has 6 nitrogen and oxygen atoms in total. The molecular weight excluding hydrogens is 378 g/mol. The Balaban J connectivity index is 0.00000180. The van der Waals surface area contributed by atoms with Crippen molar-refractivity contribution in [1.29, 1.82) is 0 Å². The van der Waals surface area contributed by atoms with E-state index in [0.717, 1.165) is 50.9 Å². The second-order valence-electron chi connectivity index (χ2n) is 7.17. The monoisotopic (exact) mass is 398 g/mol. The number of hydrogen-bond acceptors (Lipinski definition) is 5. The third kappa shape index (κ3) is 3.24. The van der Waals surface area contributed by atoms with Gasteiger partial charge in [-0.25, -0.2) is 13.5 Å². The van der Waals surface area contributed by atoms with Gasteiger partial charge in [0.15, 0.2) is 0 Å². The molecule has 2 fully saturated rings. The zero-order valence-electron chi connectivity index (χ0n) is 14.7. The van der Waals surface area contributed by atoms with Gasteiger partial charge in [-0.15, -0.1) is 17.5 Å². The highest BCUT2D eigenvalue weighted by molar-refractivity contribution is 5.85. The Morgan fingerprint density at radius 3 is 2.70 bits per heavy atom. The van der Waals surface area contributed by atoms with Crippen molar-refractivity contribution in [3.63, 3.8) is 0 Å². The van der Waals surface area contributed by atoms with Gasteiger partial charge in [0.05, 0.1) is 24.4 Å². The van der Waals surface area contributed by atoms with E-state index < -0.39 is 11.6 Å². The van der Waals surface area contributed by atoms with Crippen LogP contribution in [0.25, 0.3) is 11.3 Å². The fourth-order valence-electron chi connectivity index (χ4n) is 4.32. The van der Waals surface area contributed by atoms with E-state index in [1.807, 2.05) is 4.68 Å². The maximum Gasteiger partial charge on any atom is 0.135 e. The Hall–Kier alpha value is -1.61. The van der Waals surface area contributed by atoms with Crippen molar-refractivity contribution in [2.24, 2.45) is 0 Å². The third-order valence-electron chi connectivity index (χ3n) is 5.70. The normalized spacial score (nSPS) is 25.7. The Labute approximate surface area is 161 Å². The second kappa shape index (κ2) is 7.43. The van der Waals surface area contributed by atoms with Gasteiger partial charge in [-0.1, -0.05) is 5.21 Å². The van der Waals surface area contributed by atoms with Crippen molar-refractivity contribution < 1.29 is 18.3 Å². The molecule has 2 aromatic rings. The lowest BCUT2D eigenvalue weighted by molar-refractivity contribution is -0.00870. The Kier molecular flexibility index (Phi) is 5.15. The van der Waals surface area contributed by atoms with Crippen LogP contribution in [0.1, 0.15) is 24.6 Å². The highest BCUT2D eigenvalue weighted by atomic mass is 35.5. The average Bonchev–Trinajstić information content (AvgIpc) is 3.26. The number of benzene rings is 1. The largest absolute Gasteiger partial charge is 0.381 e. The van der Waals surface area contributed by atoms with E-state index in [4.69, 9.17) is 9.47 Å². The van der Waals surface area contributed by atoms with E-state index in [1.54, 1.807) is 0 Å². The molecule has 3 aliphatic heterocycles. The summed E-state index contributed by atoms with van der Waals surface area (Å²) in [6.07, 6.45) is 2.14. The quantitative estimate of drug-likeness (QED) is 0.778. The number of nitrogens with zero attached hydrogens (tertiary/aromatic N) is 4. The van der Waals surface area contributed by atoms with Crippen molar-refractivity contribution in [2.75, 3.05) is 26.3 Å². The van der Waals surface area contributed by atoms with Gasteiger partial charge in [0.2, 0.25) is 0 Å². The number of ether oxygens (including phenoxy) is 2. The Bertz CT molecular complexity index is 828. The summed E-state index contributed by atoms with van der Waals surface area (Å²) in [6, 6.07) is 4.10. The molecule has 3 aliphatic rings. The van der Waals surface area contributed by atoms with E-state index in [9.17, 15) is 8.78 Å². The summed E-state index contributed by atoms with van der Waals surface area (Å²) in [4.78, 5) is 2.45. The highest BCUT2D eigenvalue weighted by Crippen LogP contribution is 2.36. The SMILES string of the molecule is Cl.Fc1ccc(-c2nnn3c2CO[C@H]2CN(C4CCOCC4)C[C@@H]23)c(F)c1. The van der Waals surface area contributed by atoms with Crippen LogP contribution in [-0.2, 0) is 16.1 Å². The summed E-state index contributed by atoms with van der Waals surface area (Å²) >= 11 is 0. The molecule has 9 heteroatoms. The lowest BCUT2D eigenvalue weighted by Crippen LogP contribution is -2.38. The summed E-state index contributed by atoms with van der Waals surface area (Å²) in [5.41, 5.74) is 1.45. The van der Waals surface area contributed by atoms with E-state index in [1.165, 1.54) is 12.1 Å². The maximum absolute atomic E-state index is 14.2. The first-order chi connectivity index (χ1) is 12.7. The van der Waals surface area contributed by atoms with Crippen molar-refractivity contribution >= 4 is 12.4 Å². The Morgan fingerprint density at radius 1 is 1.11 bits per heavy atom. The molecule has 2 atom stereocenters. The smallest absolute Gasteiger partial charge is 0.135 e. The lowest BCUT2D eigenvalue weighted by Gasteiger charge is -2.30. The van der Waals surface area contributed by atoms with Crippen LogP contribution in [0.2, 0.25) is 0 Å². The Morgan fingerprint density at radius 2 is 1.93 bits per heavy atom. The van der Waals surface area contributed by atoms with Crippen LogP contribution in [0.15, 0.2) is 18.2 Å². The van der Waals surface area contributed by atoms with Gasteiger partial charge in [0.1, 0.15) is 17.3 Å². The highest BCUT2D eigenvalue weighted by Gasteiger charge is 2.43. The fourth-order valence-corrected chi connectivity index (χ4v) is 4.32. The molecule has 1 aromatic heterocycles. The van der Waals surface area contributed by atoms with Gasteiger partial charge in [-0.05, 0) is 25.0 Å². The molecule has 146 valence electrons. The van der Waals surface area contributed by atoms with Gasteiger partial charge in [-0.2, -0.15) is 0 Å². The summed E-state index contributed by atoms with van der Waals surface area (Å²) < 4.78 is 40.8. The minimum atomic E-state index is -0.634. The van der Waals surface area contributed by atoms with Crippen LogP contribution < -0.4 is 0 Å². The second-order valence-corrected chi connectivity index (χ2v) is 7.17. The van der Waals surface area contributed by atoms with Gasteiger partial charge in [-0.3, -0.25) is 4.90 Å². The van der Waals surface area contributed by atoms with E-state index in [0.29, 0.717) is 18.3 Å². The van der Waals surface area contributed by atoms with Crippen molar-refractivity contribution in [2.45, 2.75) is 37.6 Å². The van der Waals surface area contributed by atoms with Crippen molar-refractivity contribution in [1.82, 2.24) is 19.9 Å². The number of likely N-dealkylation sites (tertiary alicyclic amines) is 1. The summed E-state index contributed by atoms with van der Waals surface area (Å²) in [5, 5.41) is 8.48. The minimum Gasteiger partial charge on any atom is -0.381 e. The maximum atomic E-state index is 14.2.